The van der Waals surface area contributed by atoms with Gasteiger partial charge in [0.2, 0.25) is 20.0 Å². The minimum atomic E-state index is -3.76. The van der Waals surface area contributed by atoms with E-state index in [0.717, 1.165) is 6.07 Å². The molecule has 0 spiro atoms. The monoisotopic (exact) mass is 314 g/mol. The van der Waals surface area contributed by atoms with E-state index in [1.54, 1.807) is 24.3 Å². The van der Waals surface area contributed by atoms with Crippen molar-refractivity contribution in [3.05, 3.63) is 36.4 Å². The lowest BCUT2D eigenvalue weighted by Crippen LogP contribution is -2.22. The number of hydrogen-bond acceptors (Lipinski definition) is 4. The Bertz CT molecular complexity index is 858. The maximum atomic E-state index is 12.1. The number of hydrogen-bond donors (Lipinski definition) is 2. The maximum absolute atomic E-state index is 12.1. The molecule has 0 bridgehead atoms. The first kappa shape index (κ1) is 14.9. The lowest BCUT2D eigenvalue weighted by Gasteiger charge is -2.10. The van der Waals surface area contributed by atoms with Crippen LogP contribution in [0, 0.1) is 0 Å². The molecule has 0 aromatic heterocycles. The van der Waals surface area contributed by atoms with Gasteiger partial charge in [-0.25, -0.2) is 26.3 Å². The quantitative estimate of drug-likeness (QED) is 0.867. The van der Waals surface area contributed by atoms with Crippen LogP contribution in [0.4, 0.5) is 0 Å². The topological polar surface area (TPSA) is 92.3 Å². The third-order valence-corrected chi connectivity index (χ3v) is 5.78. The average Bonchev–Trinajstić information content (AvgIpc) is 2.45. The molecule has 0 unspecified atom stereocenters. The van der Waals surface area contributed by atoms with Crippen molar-refractivity contribution in [2.24, 2.45) is 0 Å². The van der Waals surface area contributed by atoms with E-state index in [4.69, 9.17) is 0 Å². The van der Waals surface area contributed by atoms with Crippen molar-refractivity contribution in [1.29, 1.82) is 0 Å². The van der Waals surface area contributed by atoms with E-state index in [1.807, 2.05) is 0 Å². The van der Waals surface area contributed by atoms with Crippen LogP contribution in [0.15, 0.2) is 46.2 Å². The molecular formula is C12H14N2O4S2. The summed E-state index contributed by atoms with van der Waals surface area (Å²) in [5.41, 5.74) is 0. The Morgan fingerprint density at radius 2 is 1.45 bits per heavy atom. The molecule has 0 aliphatic heterocycles. The Morgan fingerprint density at radius 1 is 0.850 bits per heavy atom. The van der Waals surface area contributed by atoms with Gasteiger partial charge >= 0.3 is 0 Å². The van der Waals surface area contributed by atoms with Gasteiger partial charge in [0.15, 0.2) is 0 Å². The van der Waals surface area contributed by atoms with Gasteiger partial charge in [-0.2, -0.15) is 0 Å². The fourth-order valence-corrected chi connectivity index (χ4v) is 3.70. The molecule has 0 saturated heterocycles. The number of benzene rings is 2. The van der Waals surface area contributed by atoms with Gasteiger partial charge in [-0.05, 0) is 31.6 Å². The third-order valence-electron chi connectivity index (χ3n) is 2.93. The van der Waals surface area contributed by atoms with Gasteiger partial charge in [0.05, 0.1) is 9.79 Å². The van der Waals surface area contributed by atoms with Gasteiger partial charge in [0.1, 0.15) is 0 Å². The molecule has 6 nitrogen and oxygen atoms in total. The number of nitrogens with one attached hydrogen (secondary N) is 2. The summed E-state index contributed by atoms with van der Waals surface area (Å²) in [6.45, 7) is 0. The van der Waals surface area contributed by atoms with E-state index in [1.165, 1.54) is 20.2 Å². The molecule has 108 valence electrons. The molecule has 0 atom stereocenters. The van der Waals surface area contributed by atoms with Crippen LogP contribution in [0.1, 0.15) is 0 Å². The number of sulfonamides is 2. The molecule has 0 amide bonds. The molecule has 0 radical (unpaired) electrons. The van der Waals surface area contributed by atoms with Crippen molar-refractivity contribution in [3.63, 3.8) is 0 Å². The van der Waals surface area contributed by atoms with Gasteiger partial charge in [0, 0.05) is 5.39 Å². The molecule has 2 aromatic carbocycles. The fraction of sp³-hybridized carbons (Fsp3) is 0.167. The average molecular weight is 314 g/mol. The van der Waals surface area contributed by atoms with Crippen LogP contribution in [-0.2, 0) is 20.0 Å². The first-order chi connectivity index (χ1) is 9.31. The van der Waals surface area contributed by atoms with Gasteiger partial charge < -0.3 is 0 Å². The Morgan fingerprint density at radius 3 is 2.05 bits per heavy atom. The fourth-order valence-electron chi connectivity index (χ4n) is 1.85. The summed E-state index contributed by atoms with van der Waals surface area (Å²) in [5.74, 6) is 0. The Hall–Kier alpha value is -1.48. The normalized spacial score (nSPS) is 12.7. The van der Waals surface area contributed by atoms with Crippen LogP contribution >= 0.6 is 0 Å². The highest BCUT2D eigenvalue weighted by molar-refractivity contribution is 7.90. The lowest BCUT2D eigenvalue weighted by molar-refractivity contribution is 0.587. The van der Waals surface area contributed by atoms with E-state index in [2.05, 4.69) is 9.44 Å². The van der Waals surface area contributed by atoms with Crippen molar-refractivity contribution in [3.8, 4) is 0 Å². The highest BCUT2D eigenvalue weighted by Crippen LogP contribution is 2.26. The molecule has 8 heteroatoms. The standard InChI is InChI=1S/C12H14N2O4S2/c1-13-19(15,16)10-7-9-5-3-4-6-11(9)12(8-10)20(17,18)14-2/h3-8,13-14H,1-2H3. The predicted molar refractivity (Wildman–Crippen MR) is 76.4 cm³/mol. The molecule has 0 saturated carbocycles. The molecule has 0 heterocycles. The third kappa shape index (κ3) is 2.55. The van der Waals surface area contributed by atoms with Crippen LogP contribution in [0.5, 0.6) is 0 Å². The van der Waals surface area contributed by atoms with E-state index in [9.17, 15) is 16.8 Å². The van der Waals surface area contributed by atoms with E-state index in [0.29, 0.717) is 10.8 Å². The highest BCUT2D eigenvalue weighted by atomic mass is 32.2. The molecule has 0 aliphatic carbocycles. The summed E-state index contributed by atoms with van der Waals surface area (Å²) in [6.07, 6.45) is 0. The van der Waals surface area contributed by atoms with Crippen LogP contribution < -0.4 is 9.44 Å². The largest absolute Gasteiger partial charge is 0.240 e. The lowest BCUT2D eigenvalue weighted by atomic mass is 10.1. The van der Waals surface area contributed by atoms with Crippen LogP contribution in [0.2, 0.25) is 0 Å². The first-order valence-electron chi connectivity index (χ1n) is 5.72. The minimum Gasteiger partial charge on any atom is -0.214 e. The smallest absolute Gasteiger partial charge is 0.214 e. The van der Waals surface area contributed by atoms with Crippen molar-refractivity contribution >= 4 is 30.8 Å². The van der Waals surface area contributed by atoms with Crippen LogP contribution in [0.3, 0.4) is 0 Å². The van der Waals surface area contributed by atoms with Gasteiger partial charge in [-0.3, -0.25) is 0 Å². The second kappa shape index (κ2) is 5.13. The van der Waals surface area contributed by atoms with E-state index >= 15 is 0 Å². The molecule has 2 N–H and O–H groups in total. The number of fused-ring (bicyclic) bond motifs is 1. The zero-order valence-corrected chi connectivity index (χ0v) is 12.5. The molecule has 0 fully saturated rings. The Labute approximate surface area is 117 Å². The minimum absolute atomic E-state index is 0.0630. The second-order valence-corrected chi connectivity index (χ2v) is 7.80. The molecule has 2 rings (SSSR count). The summed E-state index contributed by atoms with van der Waals surface area (Å²) in [6, 6.07) is 9.31. The van der Waals surface area contributed by atoms with E-state index < -0.39 is 20.0 Å². The summed E-state index contributed by atoms with van der Waals surface area (Å²) >= 11 is 0. The summed E-state index contributed by atoms with van der Waals surface area (Å²) in [7, 11) is -4.93. The van der Waals surface area contributed by atoms with Crippen LogP contribution in [0.25, 0.3) is 10.8 Å². The van der Waals surface area contributed by atoms with Crippen LogP contribution in [-0.4, -0.2) is 30.9 Å². The first-order valence-corrected chi connectivity index (χ1v) is 8.68. The molecule has 0 aliphatic rings. The summed E-state index contributed by atoms with van der Waals surface area (Å²) < 4.78 is 52.3. The maximum Gasteiger partial charge on any atom is 0.240 e. The Kier molecular flexibility index (Phi) is 3.83. The van der Waals surface area contributed by atoms with Crippen molar-refractivity contribution in [1.82, 2.24) is 9.44 Å². The predicted octanol–water partition coefficient (Wildman–Crippen LogP) is 0.656. The van der Waals surface area contributed by atoms with Gasteiger partial charge in [-0.15, -0.1) is 0 Å². The highest BCUT2D eigenvalue weighted by Gasteiger charge is 2.20. The van der Waals surface area contributed by atoms with E-state index in [-0.39, 0.29) is 9.79 Å². The SMILES string of the molecule is CNS(=O)(=O)c1cc(S(=O)(=O)NC)c2ccccc2c1. The summed E-state index contributed by atoms with van der Waals surface area (Å²) in [5, 5.41) is 1.01. The number of rotatable bonds is 4. The second-order valence-electron chi connectivity index (χ2n) is 4.06. The van der Waals surface area contributed by atoms with Crippen molar-refractivity contribution in [2.45, 2.75) is 9.79 Å². The van der Waals surface area contributed by atoms with Gasteiger partial charge in [-0.1, -0.05) is 24.3 Å². The Balaban J connectivity index is 2.92. The zero-order valence-electron chi connectivity index (χ0n) is 10.9. The summed E-state index contributed by atoms with van der Waals surface area (Å²) in [4.78, 5) is -0.153. The van der Waals surface area contributed by atoms with Crippen molar-refractivity contribution in [2.75, 3.05) is 14.1 Å². The van der Waals surface area contributed by atoms with Crippen molar-refractivity contribution < 1.29 is 16.8 Å². The molecular weight excluding hydrogens is 300 g/mol. The van der Waals surface area contributed by atoms with Gasteiger partial charge in [0.25, 0.3) is 0 Å². The molecule has 2 aromatic rings. The molecule has 20 heavy (non-hydrogen) atoms. The zero-order chi connectivity index (χ0) is 15.0.